The summed E-state index contributed by atoms with van der Waals surface area (Å²) in [7, 11) is 0. The summed E-state index contributed by atoms with van der Waals surface area (Å²) in [6.07, 6.45) is 0. The van der Waals surface area contributed by atoms with Crippen LogP contribution in [-0.2, 0) is 0 Å². The number of rotatable bonds is 5. The van der Waals surface area contributed by atoms with Crippen LogP contribution in [0.3, 0.4) is 0 Å². The normalized spacial score (nSPS) is 10.8. The SMILES string of the molecule is O=c1[nH]nc(SCCOc2c(Cl)c(Cl)c(Cl)c(Cl)c2Cl)c(=O)[nH]1. The van der Waals surface area contributed by atoms with E-state index in [9.17, 15) is 9.59 Å². The van der Waals surface area contributed by atoms with Crippen LogP contribution in [0.4, 0.5) is 0 Å². The zero-order valence-electron chi connectivity index (χ0n) is 10.9. The zero-order chi connectivity index (χ0) is 17.1. The first kappa shape index (κ1) is 18.8. The number of nitrogens with one attached hydrogen (secondary N) is 2. The number of benzene rings is 1. The number of hydrogen-bond acceptors (Lipinski definition) is 5. The molecule has 23 heavy (non-hydrogen) atoms. The van der Waals surface area contributed by atoms with E-state index in [-0.39, 0.29) is 42.5 Å². The van der Waals surface area contributed by atoms with Crippen molar-refractivity contribution in [3.63, 3.8) is 0 Å². The lowest BCUT2D eigenvalue weighted by Gasteiger charge is -2.13. The maximum atomic E-state index is 11.4. The Labute approximate surface area is 158 Å². The molecule has 0 aliphatic heterocycles. The molecule has 0 fully saturated rings. The Morgan fingerprint density at radius 2 is 1.52 bits per heavy atom. The Kier molecular flexibility index (Phi) is 6.53. The van der Waals surface area contributed by atoms with E-state index in [0.29, 0.717) is 5.75 Å². The monoisotopic (exact) mass is 435 g/mol. The number of hydrogen-bond donors (Lipinski definition) is 2. The van der Waals surface area contributed by atoms with Crippen molar-refractivity contribution >= 4 is 69.8 Å². The summed E-state index contributed by atoms with van der Waals surface area (Å²) in [4.78, 5) is 24.4. The molecule has 0 unspecified atom stereocenters. The van der Waals surface area contributed by atoms with Crippen LogP contribution in [0.25, 0.3) is 0 Å². The number of aromatic amines is 2. The van der Waals surface area contributed by atoms with Crippen molar-refractivity contribution in [3.05, 3.63) is 46.0 Å². The molecule has 0 spiro atoms. The molecule has 12 heteroatoms. The molecule has 124 valence electrons. The van der Waals surface area contributed by atoms with Gasteiger partial charge in [0.2, 0.25) is 0 Å². The molecule has 2 aromatic rings. The van der Waals surface area contributed by atoms with Crippen molar-refractivity contribution in [1.29, 1.82) is 0 Å². The number of aromatic nitrogens is 3. The van der Waals surface area contributed by atoms with Crippen molar-refractivity contribution in [3.8, 4) is 5.75 Å². The minimum absolute atomic E-state index is 0.0316. The van der Waals surface area contributed by atoms with Gasteiger partial charge in [-0.1, -0.05) is 69.8 Å². The summed E-state index contributed by atoms with van der Waals surface area (Å²) in [6, 6.07) is 0. The third-order valence-electron chi connectivity index (χ3n) is 2.42. The first-order chi connectivity index (χ1) is 10.8. The van der Waals surface area contributed by atoms with Gasteiger partial charge < -0.3 is 4.74 Å². The highest BCUT2D eigenvalue weighted by molar-refractivity contribution is 7.99. The highest BCUT2D eigenvalue weighted by Gasteiger charge is 2.20. The minimum atomic E-state index is -0.681. The van der Waals surface area contributed by atoms with Crippen molar-refractivity contribution in [2.75, 3.05) is 12.4 Å². The van der Waals surface area contributed by atoms with Gasteiger partial charge in [-0.05, 0) is 0 Å². The molecule has 1 aromatic carbocycles. The standard InChI is InChI=1S/C11H6Cl5N3O3S/c12-3-4(13)6(15)8(7(16)5(3)14)22-1-2-23-10-9(20)17-11(21)19-18-10/h1-2H2,(H2,17,19,20,21). The fraction of sp³-hybridized carbons (Fsp3) is 0.182. The summed E-state index contributed by atoms with van der Waals surface area (Å²) in [5.74, 6) is 0.420. The number of H-pyrrole nitrogens is 2. The second-order valence-electron chi connectivity index (χ2n) is 3.91. The van der Waals surface area contributed by atoms with Crippen LogP contribution in [0.2, 0.25) is 25.1 Å². The first-order valence-corrected chi connectivity index (χ1v) is 8.66. The lowest BCUT2D eigenvalue weighted by molar-refractivity contribution is 0.344. The molecule has 2 rings (SSSR count). The maximum absolute atomic E-state index is 11.4. The van der Waals surface area contributed by atoms with Gasteiger partial charge in [-0.25, -0.2) is 9.89 Å². The molecule has 2 N–H and O–H groups in total. The van der Waals surface area contributed by atoms with Gasteiger partial charge in [-0.2, -0.15) is 5.10 Å². The van der Waals surface area contributed by atoms with Gasteiger partial charge >= 0.3 is 5.69 Å². The van der Waals surface area contributed by atoms with Crippen LogP contribution >= 0.6 is 69.8 Å². The maximum Gasteiger partial charge on any atom is 0.342 e. The lowest BCUT2D eigenvalue weighted by Crippen LogP contribution is -2.25. The topological polar surface area (TPSA) is 87.8 Å². The van der Waals surface area contributed by atoms with Crippen LogP contribution in [0.1, 0.15) is 0 Å². The van der Waals surface area contributed by atoms with Crippen LogP contribution in [0, 0.1) is 0 Å². The predicted octanol–water partition coefficient (Wildman–Crippen LogP) is 3.90. The van der Waals surface area contributed by atoms with Gasteiger partial charge in [0.05, 0.1) is 21.7 Å². The fourth-order valence-electron chi connectivity index (χ4n) is 1.43. The molecule has 0 saturated heterocycles. The van der Waals surface area contributed by atoms with E-state index in [1.807, 2.05) is 0 Å². The van der Waals surface area contributed by atoms with Crippen molar-refractivity contribution in [2.24, 2.45) is 0 Å². The quantitative estimate of drug-likeness (QED) is 0.321. The highest BCUT2D eigenvalue weighted by Crippen LogP contribution is 2.48. The molecule has 0 atom stereocenters. The molecule has 0 radical (unpaired) electrons. The van der Waals surface area contributed by atoms with E-state index in [0.717, 1.165) is 11.8 Å². The fourth-order valence-corrected chi connectivity index (χ4v) is 3.31. The summed E-state index contributed by atoms with van der Waals surface area (Å²) < 4.78 is 5.45. The van der Waals surface area contributed by atoms with Gasteiger partial charge in [0.15, 0.2) is 10.8 Å². The Morgan fingerprint density at radius 3 is 2.09 bits per heavy atom. The largest absolute Gasteiger partial charge is 0.489 e. The number of nitrogens with zero attached hydrogens (tertiary/aromatic N) is 1. The van der Waals surface area contributed by atoms with Crippen molar-refractivity contribution in [1.82, 2.24) is 15.2 Å². The van der Waals surface area contributed by atoms with Crippen LogP contribution in [-0.4, -0.2) is 27.5 Å². The Morgan fingerprint density at radius 1 is 0.957 bits per heavy atom. The molecular formula is C11H6Cl5N3O3S. The first-order valence-electron chi connectivity index (χ1n) is 5.79. The third kappa shape index (κ3) is 4.29. The predicted molar refractivity (Wildman–Crippen MR) is 93.2 cm³/mol. The van der Waals surface area contributed by atoms with Gasteiger partial charge in [0.25, 0.3) is 5.56 Å². The van der Waals surface area contributed by atoms with E-state index in [4.69, 9.17) is 62.7 Å². The van der Waals surface area contributed by atoms with E-state index in [1.54, 1.807) is 0 Å². The Hall–Kier alpha value is -0.570. The molecule has 0 saturated carbocycles. The van der Waals surface area contributed by atoms with Gasteiger partial charge in [0.1, 0.15) is 10.0 Å². The van der Waals surface area contributed by atoms with E-state index < -0.39 is 11.2 Å². The second kappa shape index (κ2) is 8.00. The van der Waals surface area contributed by atoms with Gasteiger partial charge in [0, 0.05) is 5.75 Å². The van der Waals surface area contributed by atoms with Crippen LogP contribution < -0.4 is 16.0 Å². The summed E-state index contributed by atoms with van der Waals surface area (Å²) in [6.45, 7) is 0.124. The molecule has 0 aliphatic rings. The van der Waals surface area contributed by atoms with Gasteiger partial charge in [-0.3, -0.25) is 9.78 Å². The molecule has 0 amide bonds. The zero-order valence-corrected chi connectivity index (χ0v) is 15.5. The molecule has 1 heterocycles. The van der Waals surface area contributed by atoms with Crippen LogP contribution in [0.5, 0.6) is 5.75 Å². The van der Waals surface area contributed by atoms with E-state index >= 15 is 0 Å². The number of ether oxygens (including phenoxy) is 1. The Bertz CT molecular complexity index is 825. The summed E-state index contributed by atoms with van der Waals surface area (Å²) in [5, 5.41) is 6.01. The average Bonchev–Trinajstić information content (AvgIpc) is 2.52. The van der Waals surface area contributed by atoms with Gasteiger partial charge in [-0.15, -0.1) is 0 Å². The van der Waals surface area contributed by atoms with Crippen molar-refractivity contribution in [2.45, 2.75) is 5.03 Å². The molecular weight excluding hydrogens is 431 g/mol. The van der Waals surface area contributed by atoms with Crippen LogP contribution in [0.15, 0.2) is 14.6 Å². The molecule has 6 nitrogen and oxygen atoms in total. The molecule has 0 bridgehead atoms. The van der Waals surface area contributed by atoms with E-state index in [1.165, 1.54) is 0 Å². The minimum Gasteiger partial charge on any atom is -0.489 e. The molecule has 1 aromatic heterocycles. The number of thioether (sulfide) groups is 1. The summed E-state index contributed by atoms with van der Waals surface area (Å²) in [5.41, 5.74) is -1.27. The smallest absolute Gasteiger partial charge is 0.342 e. The highest BCUT2D eigenvalue weighted by atomic mass is 35.5. The van der Waals surface area contributed by atoms with Crippen molar-refractivity contribution < 1.29 is 4.74 Å². The third-order valence-corrected chi connectivity index (χ3v) is 5.58. The Balaban J connectivity index is 2.05. The average molecular weight is 438 g/mol. The second-order valence-corrected chi connectivity index (χ2v) is 6.88. The summed E-state index contributed by atoms with van der Waals surface area (Å²) >= 11 is 30.8. The lowest BCUT2D eigenvalue weighted by atomic mass is 10.3. The van der Waals surface area contributed by atoms with E-state index in [2.05, 4.69) is 15.2 Å². The number of halogens is 5. The molecule has 0 aliphatic carbocycles.